The highest BCUT2D eigenvalue weighted by atomic mass is 79.9. The second kappa shape index (κ2) is 8.23. The van der Waals surface area contributed by atoms with E-state index in [1.54, 1.807) is 12.4 Å². The molecular weight excluding hydrogens is 376 g/mol. The van der Waals surface area contributed by atoms with E-state index in [2.05, 4.69) is 45.3 Å². The minimum Gasteiger partial charge on any atom is -0.370 e. The molecule has 0 amide bonds. The molecule has 4 nitrogen and oxygen atoms in total. The Morgan fingerprint density at radius 2 is 1.84 bits per heavy atom. The van der Waals surface area contributed by atoms with Crippen LogP contribution < -0.4 is 11.1 Å². The molecule has 0 radical (unpaired) electrons. The van der Waals surface area contributed by atoms with Gasteiger partial charge < -0.3 is 11.1 Å². The maximum absolute atomic E-state index is 6.33. The molecule has 0 bridgehead atoms. The van der Waals surface area contributed by atoms with Crippen LogP contribution in [-0.4, -0.2) is 16.5 Å². The predicted molar refractivity (Wildman–Crippen MR) is 106 cm³/mol. The van der Waals surface area contributed by atoms with Gasteiger partial charge in [0.1, 0.15) is 5.82 Å². The Bertz CT molecular complexity index is 836. The predicted octanol–water partition coefficient (Wildman–Crippen LogP) is 4.72. The summed E-state index contributed by atoms with van der Waals surface area (Å²) in [6.07, 6.45) is 4.38. The normalized spacial score (nSPS) is 12.0. The second-order valence-electron chi connectivity index (χ2n) is 5.94. The summed E-state index contributed by atoms with van der Waals surface area (Å²) in [5, 5.41) is 3.37. The van der Waals surface area contributed by atoms with Gasteiger partial charge >= 0.3 is 0 Å². The number of benzene rings is 1. The summed E-state index contributed by atoms with van der Waals surface area (Å²) in [6.45, 7) is 2.86. The van der Waals surface area contributed by atoms with E-state index in [0.29, 0.717) is 0 Å². The first-order chi connectivity index (χ1) is 12.1. The number of nitrogens with one attached hydrogen (secondary N) is 1. The Labute approximate surface area is 156 Å². The van der Waals surface area contributed by atoms with Crippen LogP contribution in [0.25, 0.3) is 11.3 Å². The third-order valence-electron chi connectivity index (χ3n) is 4.15. The minimum atomic E-state index is 0.0174. The lowest BCUT2D eigenvalue weighted by molar-refractivity contribution is 0.670. The molecule has 3 N–H and O–H groups in total. The van der Waals surface area contributed by atoms with Gasteiger partial charge in [-0.05, 0) is 64.7 Å². The number of halogens is 1. The highest BCUT2D eigenvalue weighted by molar-refractivity contribution is 9.10. The van der Waals surface area contributed by atoms with E-state index in [9.17, 15) is 0 Å². The lowest BCUT2D eigenvalue weighted by Gasteiger charge is -2.15. The Kier molecular flexibility index (Phi) is 5.79. The minimum absolute atomic E-state index is 0.0174. The molecular formula is C20H21BrN4. The molecule has 0 aliphatic heterocycles. The molecule has 128 valence electrons. The molecule has 3 aromatic rings. The van der Waals surface area contributed by atoms with Crippen molar-refractivity contribution < 1.29 is 0 Å². The number of rotatable bonds is 6. The molecule has 0 spiro atoms. The second-order valence-corrected chi connectivity index (χ2v) is 6.80. The molecule has 0 saturated carbocycles. The van der Waals surface area contributed by atoms with E-state index in [4.69, 9.17) is 10.7 Å². The zero-order chi connectivity index (χ0) is 17.6. The fourth-order valence-electron chi connectivity index (χ4n) is 2.77. The van der Waals surface area contributed by atoms with Crippen LogP contribution in [0.3, 0.4) is 0 Å². The van der Waals surface area contributed by atoms with Crippen molar-refractivity contribution in [2.45, 2.75) is 19.4 Å². The van der Waals surface area contributed by atoms with E-state index in [-0.39, 0.29) is 6.04 Å². The average Bonchev–Trinajstić information content (AvgIpc) is 2.64. The summed E-state index contributed by atoms with van der Waals surface area (Å²) >= 11 is 3.57. The van der Waals surface area contributed by atoms with Crippen LogP contribution in [0, 0.1) is 6.92 Å². The van der Waals surface area contributed by atoms with Crippen LogP contribution in [0.4, 0.5) is 5.82 Å². The number of hydrogen-bond donors (Lipinski definition) is 2. The summed E-state index contributed by atoms with van der Waals surface area (Å²) in [5.74, 6) is 0.840. The van der Waals surface area contributed by atoms with Gasteiger partial charge in [0.25, 0.3) is 0 Å². The molecule has 0 aliphatic carbocycles. The van der Waals surface area contributed by atoms with Crippen molar-refractivity contribution in [3.05, 3.63) is 76.5 Å². The fraction of sp³-hybridized carbons (Fsp3) is 0.200. The monoisotopic (exact) mass is 396 g/mol. The van der Waals surface area contributed by atoms with Gasteiger partial charge in [0, 0.05) is 35.0 Å². The zero-order valence-corrected chi connectivity index (χ0v) is 15.7. The molecule has 3 rings (SSSR count). The van der Waals surface area contributed by atoms with E-state index >= 15 is 0 Å². The Balaban J connectivity index is 1.65. The Morgan fingerprint density at radius 3 is 2.60 bits per heavy atom. The van der Waals surface area contributed by atoms with E-state index < -0.39 is 0 Å². The third-order valence-corrected chi connectivity index (χ3v) is 4.79. The van der Waals surface area contributed by atoms with Crippen LogP contribution in [0.1, 0.15) is 23.6 Å². The third kappa shape index (κ3) is 4.44. The van der Waals surface area contributed by atoms with Crippen LogP contribution in [0.15, 0.2) is 65.4 Å². The number of nitrogens with zero attached hydrogens (tertiary/aromatic N) is 2. The van der Waals surface area contributed by atoms with Crippen molar-refractivity contribution in [1.82, 2.24) is 9.97 Å². The molecule has 1 aromatic carbocycles. The molecule has 25 heavy (non-hydrogen) atoms. The maximum atomic E-state index is 6.33. The first-order valence-corrected chi connectivity index (χ1v) is 9.06. The zero-order valence-electron chi connectivity index (χ0n) is 14.1. The number of hydrogen-bond acceptors (Lipinski definition) is 4. The van der Waals surface area contributed by atoms with E-state index in [0.717, 1.165) is 34.5 Å². The van der Waals surface area contributed by atoms with Crippen LogP contribution >= 0.6 is 15.9 Å². The summed E-state index contributed by atoms with van der Waals surface area (Å²) in [4.78, 5) is 8.76. The van der Waals surface area contributed by atoms with Gasteiger partial charge in [0.05, 0.1) is 5.69 Å². The van der Waals surface area contributed by atoms with Crippen LogP contribution in [-0.2, 0) is 0 Å². The smallest absolute Gasteiger partial charge is 0.126 e. The van der Waals surface area contributed by atoms with Gasteiger partial charge in [-0.25, -0.2) is 4.98 Å². The van der Waals surface area contributed by atoms with E-state index in [1.165, 1.54) is 11.1 Å². The summed E-state index contributed by atoms with van der Waals surface area (Å²) in [5.41, 5.74) is 10.7. The number of aromatic nitrogens is 2. The first-order valence-electron chi connectivity index (χ1n) is 8.27. The molecule has 5 heteroatoms. The first kappa shape index (κ1) is 17.6. The number of anilines is 1. The molecule has 0 aliphatic rings. The van der Waals surface area contributed by atoms with Gasteiger partial charge in [-0.2, -0.15) is 0 Å². The van der Waals surface area contributed by atoms with Gasteiger partial charge in [0.15, 0.2) is 0 Å². The highest BCUT2D eigenvalue weighted by Crippen LogP contribution is 2.27. The lowest BCUT2D eigenvalue weighted by Crippen LogP contribution is -2.16. The van der Waals surface area contributed by atoms with Crippen molar-refractivity contribution in [2.75, 3.05) is 11.9 Å². The molecule has 1 unspecified atom stereocenters. The van der Waals surface area contributed by atoms with Crippen molar-refractivity contribution in [1.29, 1.82) is 0 Å². The largest absolute Gasteiger partial charge is 0.370 e. The van der Waals surface area contributed by atoms with Gasteiger partial charge in [0.2, 0.25) is 0 Å². The summed E-state index contributed by atoms with van der Waals surface area (Å²) < 4.78 is 0.959. The van der Waals surface area contributed by atoms with E-state index in [1.807, 2.05) is 36.4 Å². The number of pyridine rings is 2. The van der Waals surface area contributed by atoms with Crippen molar-refractivity contribution in [2.24, 2.45) is 5.73 Å². The highest BCUT2D eigenvalue weighted by Gasteiger charge is 2.09. The molecule has 2 aromatic heterocycles. The molecule has 2 heterocycles. The van der Waals surface area contributed by atoms with Crippen molar-refractivity contribution >= 4 is 21.7 Å². The average molecular weight is 397 g/mol. The van der Waals surface area contributed by atoms with Crippen LogP contribution in [0.5, 0.6) is 0 Å². The SMILES string of the molecule is Cc1ccccc1C(N)CCNc1ccc(Br)c(-c2ccncc2)n1. The molecule has 0 fully saturated rings. The maximum Gasteiger partial charge on any atom is 0.126 e. The van der Waals surface area contributed by atoms with Crippen molar-refractivity contribution in [3.63, 3.8) is 0 Å². The summed E-state index contributed by atoms with van der Waals surface area (Å²) in [6, 6.07) is 16.2. The summed E-state index contributed by atoms with van der Waals surface area (Å²) in [7, 11) is 0. The van der Waals surface area contributed by atoms with Gasteiger partial charge in [-0.15, -0.1) is 0 Å². The number of nitrogens with two attached hydrogens (primary N) is 1. The molecule has 1 atom stereocenters. The van der Waals surface area contributed by atoms with Crippen LogP contribution in [0.2, 0.25) is 0 Å². The lowest BCUT2D eigenvalue weighted by atomic mass is 10.00. The number of aryl methyl sites for hydroxylation is 1. The van der Waals surface area contributed by atoms with Gasteiger partial charge in [-0.3, -0.25) is 4.98 Å². The van der Waals surface area contributed by atoms with Crippen molar-refractivity contribution in [3.8, 4) is 11.3 Å². The van der Waals surface area contributed by atoms with Gasteiger partial charge in [-0.1, -0.05) is 24.3 Å². The molecule has 0 saturated heterocycles. The fourth-order valence-corrected chi connectivity index (χ4v) is 3.22. The standard InChI is InChI=1S/C20H21BrN4/c1-14-4-2-3-5-16(14)18(22)10-13-24-19-7-6-17(21)20(25-19)15-8-11-23-12-9-15/h2-9,11-12,18H,10,13,22H2,1H3,(H,24,25). The Morgan fingerprint density at radius 1 is 1.08 bits per heavy atom. The topological polar surface area (TPSA) is 63.8 Å². The quantitative estimate of drug-likeness (QED) is 0.632. The Hall–Kier alpha value is -2.24.